The van der Waals surface area contributed by atoms with E-state index in [2.05, 4.69) is 0 Å². The molecule has 0 saturated carbocycles. The minimum Gasteiger partial charge on any atom is -0.457 e. The number of amides is 1. The van der Waals surface area contributed by atoms with Crippen LogP contribution in [0.15, 0.2) is 71.3 Å². The molecule has 0 N–H and O–H groups in total. The Kier molecular flexibility index (Phi) is 6.35. The molecule has 4 rings (SSSR count). The quantitative estimate of drug-likeness (QED) is 0.310. The third-order valence-corrected chi connectivity index (χ3v) is 5.26. The minimum atomic E-state index is -0.654. The van der Waals surface area contributed by atoms with Crippen LogP contribution < -0.4 is 9.64 Å². The van der Waals surface area contributed by atoms with Crippen molar-refractivity contribution in [2.45, 2.75) is 13.3 Å². The molecule has 1 amide bonds. The van der Waals surface area contributed by atoms with Crippen LogP contribution >= 0.6 is 0 Å². The van der Waals surface area contributed by atoms with Crippen molar-refractivity contribution in [3.63, 3.8) is 0 Å². The third-order valence-electron chi connectivity index (χ3n) is 5.26. The second kappa shape index (κ2) is 9.52. The number of furan rings is 1. The van der Waals surface area contributed by atoms with Gasteiger partial charge in [-0.3, -0.25) is 14.4 Å². The second-order valence-corrected chi connectivity index (χ2v) is 7.66. The molecule has 0 bridgehead atoms. The maximum atomic E-state index is 12.4. The maximum Gasteiger partial charge on any atom is 0.379 e. The van der Waals surface area contributed by atoms with Crippen LogP contribution in [-0.4, -0.2) is 36.8 Å². The van der Waals surface area contributed by atoms with Gasteiger partial charge < -0.3 is 18.8 Å². The summed E-state index contributed by atoms with van der Waals surface area (Å²) in [7, 11) is 0. The number of anilines is 1. The smallest absolute Gasteiger partial charge is 0.379 e. The first-order valence-electron chi connectivity index (χ1n) is 10.3. The van der Waals surface area contributed by atoms with Gasteiger partial charge in [0.05, 0.1) is 12.2 Å². The van der Waals surface area contributed by atoms with E-state index in [9.17, 15) is 19.2 Å². The van der Waals surface area contributed by atoms with Gasteiger partial charge in [-0.15, -0.1) is 0 Å². The van der Waals surface area contributed by atoms with E-state index in [-0.39, 0.29) is 30.4 Å². The fourth-order valence-electron chi connectivity index (χ4n) is 3.44. The Bertz CT molecular complexity index is 1160. The van der Waals surface area contributed by atoms with Gasteiger partial charge >= 0.3 is 11.9 Å². The van der Waals surface area contributed by atoms with Crippen molar-refractivity contribution in [3.8, 4) is 5.75 Å². The highest BCUT2D eigenvalue weighted by molar-refractivity contribution is 6.01. The van der Waals surface area contributed by atoms with E-state index < -0.39 is 30.2 Å². The molecule has 33 heavy (non-hydrogen) atoms. The highest BCUT2D eigenvalue weighted by Gasteiger charge is 2.36. The van der Waals surface area contributed by atoms with E-state index in [1.165, 1.54) is 36.6 Å². The first-order valence-corrected chi connectivity index (χ1v) is 10.3. The van der Waals surface area contributed by atoms with Gasteiger partial charge in [-0.25, -0.2) is 4.79 Å². The van der Waals surface area contributed by atoms with E-state index in [0.29, 0.717) is 5.56 Å². The molecule has 1 aromatic heterocycles. The summed E-state index contributed by atoms with van der Waals surface area (Å²) >= 11 is 0. The van der Waals surface area contributed by atoms with E-state index in [1.54, 1.807) is 11.0 Å². The Morgan fingerprint density at radius 1 is 1.03 bits per heavy atom. The topological polar surface area (TPSA) is 103 Å². The van der Waals surface area contributed by atoms with Gasteiger partial charge in [0.1, 0.15) is 5.75 Å². The fraction of sp³-hybridized carbons (Fsp3) is 0.200. The van der Waals surface area contributed by atoms with Crippen LogP contribution in [0, 0.1) is 12.8 Å². The molecule has 2 aromatic carbocycles. The maximum absolute atomic E-state index is 12.4. The Balaban J connectivity index is 1.28. The molecule has 3 aromatic rings. The van der Waals surface area contributed by atoms with Crippen LogP contribution in [0.2, 0.25) is 0 Å². The van der Waals surface area contributed by atoms with Crippen molar-refractivity contribution in [2.24, 2.45) is 5.92 Å². The number of ketones is 1. The lowest BCUT2D eigenvalue weighted by Gasteiger charge is -2.16. The lowest BCUT2D eigenvalue weighted by Crippen LogP contribution is -2.27. The molecule has 1 atom stereocenters. The fourth-order valence-corrected chi connectivity index (χ4v) is 3.44. The van der Waals surface area contributed by atoms with Crippen LogP contribution in [0.4, 0.5) is 5.69 Å². The Morgan fingerprint density at radius 2 is 1.76 bits per heavy atom. The number of carbonyl (C=O) groups is 4. The molecule has 0 unspecified atom stereocenters. The molecule has 168 valence electrons. The standard InChI is InChI=1S/C25H21NO7/c1-16-4-8-19(9-5-16)26-14-18(13-23(26)28)24(29)32-15-21(27)17-6-10-20(11-7-17)33-25(30)22-3-2-12-31-22/h2-12,18H,13-15H2,1H3/t18-/m0/s1. The van der Waals surface area contributed by atoms with Crippen molar-refractivity contribution in [1.29, 1.82) is 0 Å². The lowest BCUT2D eigenvalue weighted by atomic mass is 10.1. The number of hydrogen-bond acceptors (Lipinski definition) is 7. The molecule has 0 spiro atoms. The van der Waals surface area contributed by atoms with Crippen LogP contribution in [0.1, 0.15) is 32.9 Å². The highest BCUT2D eigenvalue weighted by atomic mass is 16.5. The molecule has 8 nitrogen and oxygen atoms in total. The Morgan fingerprint density at radius 3 is 2.42 bits per heavy atom. The normalized spacial score (nSPS) is 15.4. The summed E-state index contributed by atoms with van der Waals surface area (Å²) < 4.78 is 15.3. The van der Waals surface area contributed by atoms with E-state index in [1.807, 2.05) is 31.2 Å². The first-order chi connectivity index (χ1) is 15.9. The summed E-state index contributed by atoms with van der Waals surface area (Å²) in [5.74, 6) is -2.14. The zero-order valence-electron chi connectivity index (χ0n) is 17.9. The average Bonchev–Trinajstić information content (AvgIpc) is 3.49. The monoisotopic (exact) mass is 447 g/mol. The van der Waals surface area contributed by atoms with Crippen LogP contribution in [0.25, 0.3) is 0 Å². The number of benzene rings is 2. The SMILES string of the molecule is Cc1ccc(N2C[C@@H](C(=O)OCC(=O)c3ccc(OC(=O)c4ccco4)cc3)CC2=O)cc1. The molecule has 2 heterocycles. The van der Waals surface area contributed by atoms with E-state index >= 15 is 0 Å². The van der Waals surface area contributed by atoms with Crippen molar-refractivity contribution in [3.05, 3.63) is 83.8 Å². The van der Waals surface area contributed by atoms with E-state index in [0.717, 1.165) is 11.3 Å². The summed E-state index contributed by atoms with van der Waals surface area (Å²) in [5.41, 5.74) is 2.10. The Labute approximate surface area is 189 Å². The largest absolute Gasteiger partial charge is 0.457 e. The zero-order valence-corrected chi connectivity index (χ0v) is 17.9. The average molecular weight is 447 g/mol. The van der Waals surface area contributed by atoms with Crippen molar-refractivity contribution in [1.82, 2.24) is 0 Å². The van der Waals surface area contributed by atoms with Gasteiger partial charge in [0, 0.05) is 24.2 Å². The zero-order chi connectivity index (χ0) is 23.4. The van der Waals surface area contributed by atoms with Gasteiger partial charge in [0.2, 0.25) is 11.7 Å². The molecular formula is C25H21NO7. The number of aryl methyl sites for hydroxylation is 1. The predicted molar refractivity (Wildman–Crippen MR) is 117 cm³/mol. The number of nitrogens with zero attached hydrogens (tertiary/aromatic N) is 1. The summed E-state index contributed by atoms with van der Waals surface area (Å²) in [4.78, 5) is 50.6. The highest BCUT2D eigenvalue weighted by Crippen LogP contribution is 2.26. The number of carbonyl (C=O) groups excluding carboxylic acids is 4. The molecule has 8 heteroatoms. The summed E-state index contributed by atoms with van der Waals surface area (Å²) in [6, 6.07) is 16.4. The molecule has 0 aliphatic carbocycles. The van der Waals surface area contributed by atoms with E-state index in [4.69, 9.17) is 13.9 Å². The van der Waals surface area contributed by atoms with Gasteiger partial charge in [0.25, 0.3) is 0 Å². The molecule has 1 aliphatic rings. The molecule has 1 aliphatic heterocycles. The van der Waals surface area contributed by atoms with Crippen LogP contribution in [0.5, 0.6) is 5.75 Å². The summed E-state index contributed by atoms with van der Waals surface area (Å²) in [6.07, 6.45) is 1.40. The van der Waals surface area contributed by atoms with Crippen molar-refractivity contribution in [2.75, 3.05) is 18.1 Å². The van der Waals surface area contributed by atoms with Gasteiger partial charge in [0.15, 0.2) is 12.4 Å². The summed E-state index contributed by atoms with van der Waals surface area (Å²) in [5, 5.41) is 0. The van der Waals surface area contributed by atoms with Gasteiger partial charge in [-0.2, -0.15) is 0 Å². The minimum absolute atomic E-state index is 0.0383. The lowest BCUT2D eigenvalue weighted by molar-refractivity contribution is -0.147. The number of ether oxygens (including phenoxy) is 2. The second-order valence-electron chi connectivity index (χ2n) is 7.66. The molecule has 0 radical (unpaired) electrons. The van der Waals surface area contributed by atoms with Crippen molar-refractivity contribution >= 4 is 29.3 Å². The molecule has 1 fully saturated rings. The molecular weight excluding hydrogens is 426 g/mol. The number of rotatable bonds is 7. The van der Waals surface area contributed by atoms with Gasteiger partial charge in [-0.05, 0) is 55.5 Å². The first kappa shape index (κ1) is 22.0. The predicted octanol–water partition coefficient (Wildman–Crippen LogP) is 3.59. The van der Waals surface area contributed by atoms with Crippen molar-refractivity contribution < 1.29 is 33.1 Å². The number of hydrogen-bond donors (Lipinski definition) is 0. The van der Waals surface area contributed by atoms with Crippen LogP contribution in [0.3, 0.4) is 0 Å². The number of esters is 2. The van der Waals surface area contributed by atoms with Gasteiger partial charge in [-0.1, -0.05) is 17.7 Å². The number of Topliss-reactive ketones (excluding diaryl/α,β-unsaturated/α-hetero) is 1. The third kappa shape index (κ3) is 5.17. The van der Waals surface area contributed by atoms with Crippen LogP contribution in [-0.2, 0) is 14.3 Å². The molecule has 1 saturated heterocycles. The summed E-state index contributed by atoms with van der Waals surface area (Å²) in [6.45, 7) is 1.72. The Hall–Kier alpha value is -4.20.